The Kier molecular flexibility index (Phi) is 9.06. The Balaban J connectivity index is 4.16. The van der Waals surface area contributed by atoms with E-state index in [0.29, 0.717) is 0 Å². The Morgan fingerprint density at radius 3 is 1.71 bits per heavy atom. The SMILES string of the molecule is C#CCCOP(=O)(OCCC#N)OCCC#N. The maximum Gasteiger partial charge on any atom is 0.474 e. The van der Waals surface area contributed by atoms with Gasteiger partial charge in [0.1, 0.15) is 0 Å². The van der Waals surface area contributed by atoms with Crippen molar-refractivity contribution in [3.63, 3.8) is 0 Å². The van der Waals surface area contributed by atoms with Crippen molar-refractivity contribution in [2.45, 2.75) is 19.3 Å². The van der Waals surface area contributed by atoms with Gasteiger partial charge >= 0.3 is 7.82 Å². The third-order valence-corrected chi connectivity index (χ3v) is 2.92. The molecule has 0 atom stereocenters. The highest BCUT2D eigenvalue weighted by molar-refractivity contribution is 7.48. The molecular formula is C10H13N2O4P. The van der Waals surface area contributed by atoms with E-state index in [1.165, 1.54) is 0 Å². The second-order valence-electron chi connectivity index (χ2n) is 2.72. The minimum absolute atomic E-state index is 0.0346. The molecule has 0 aromatic rings. The van der Waals surface area contributed by atoms with Crippen LogP contribution in [0, 0.1) is 35.0 Å². The number of phosphoric ester groups is 1. The minimum atomic E-state index is -3.71. The fourth-order valence-corrected chi connectivity index (χ4v) is 1.90. The van der Waals surface area contributed by atoms with Gasteiger partial charge in [0.25, 0.3) is 0 Å². The summed E-state index contributed by atoms with van der Waals surface area (Å²) in [6, 6.07) is 3.67. The van der Waals surface area contributed by atoms with Crippen LogP contribution in [0.2, 0.25) is 0 Å². The van der Waals surface area contributed by atoms with Gasteiger partial charge in [0.05, 0.1) is 44.8 Å². The molecule has 0 saturated heterocycles. The van der Waals surface area contributed by atoms with Crippen molar-refractivity contribution in [3.8, 4) is 24.5 Å². The quantitative estimate of drug-likeness (QED) is 0.356. The first kappa shape index (κ1) is 15.7. The Morgan fingerprint density at radius 2 is 1.35 bits per heavy atom. The molecule has 92 valence electrons. The van der Waals surface area contributed by atoms with Crippen molar-refractivity contribution in [2.75, 3.05) is 19.8 Å². The lowest BCUT2D eigenvalue weighted by atomic mass is 10.5. The van der Waals surface area contributed by atoms with Gasteiger partial charge in [0.2, 0.25) is 0 Å². The monoisotopic (exact) mass is 256 g/mol. The summed E-state index contributed by atoms with van der Waals surface area (Å²) in [6.07, 6.45) is 5.43. The zero-order valence-corrected chi connectivity index (χ0v) is 10.2. The highest BCUT2D eigenvalue weighted by atomic mass is 31.2. The van der Waals surface area contributed by atoms with Gasteiger partial charge in [0, 0.05) is 6.42 Å². The van der Waals surface area contributed by atoms with Crippen LogP contribution in [0.15, 0.2) is 0 Å². The van der Waals surface area contributed by atoms with Gasteiger partial charge in [-0.2, -0.15) is 10.5 Å². The second-order valence-corrected chi connectivity index (χ2v) is 4.39. The molecule has 0 unspecified atom stereocenters. The van der Waals surface area contributed by atoms with E-state index < -0.39 is 7.82 Å². The molecule has 0 N–H and O–H groups in total. The Labute approximate surface area is 101 Å². The fourth-order valence-electron chi connectivity index (χ4n) is 0.734. The van der Waals surface area contributed by atoms with E-state index in [1.54, 1.807) is 0 Å². The number of nitrogens with zero attached hydrogens (tertiary/aromatic N) is 2. The van der Waals surface area contributed by atoms with Crippen LogP contribution >= 0.6 is 7.82 Å². The van der Waals surface area contributed by atoms with E-state index in [9.17, 15) is 4.57 Å². The Hall–Kier alpha value is -1.35. The van der Waals surface area contributed by atoms with Crippen LogP contribution in [0.5, 0.6) is 0 Å². The van der Waals surface area contributed by atoms with E-state index in [-0.39, 0.29) is 39.1 Å². The van der Waals surface area contributed by atoms with Crippen LogP contribution in [-0.4, -0.2) is 19.8 Å². The molecule has 0 spiro atoms. The summed E-state index contributed by atoms with van der Waals surface area (Å²) in [5, 5.41) is 16.6. The first-order chi connectivity index (χ1) is 8.18. The molecular weight excluding hydrogens is 243 g/mol. The molecule has 6 nitrogen and oxygen atoms in total. The molecule has 0 rings (SSSR count). The van der Waals surface area contributed by atoms with E-state index in [4.69, 9.17) is 30.5 Å². The molecule has 0 aliphatic carbocycles. The van der Waals surface area contributed by atoms with Crippen molar-refractivity contribution >= 4 is 7.82 Å². The molecule has 17 heavy (non-hydrogen) atoms. The molecule has 0 saturated carbocycles. The zero-order chi connectivity index (χ0) is 13.0. The van der Waals surface area contributed by atoms with Crippen LogP contribution in [0.4, 0.5) is 0 Å². The van der Waals surface area contributed by atoms with Crippen molar-refractivity contribution in [3.05, 3.63) is 0 Å². The lowest BCUT2D eigenvalue weighted by Crippen LogP contribution is -2.03. The van der Waals surface area contributed by atoms with Crippen LogP contribution < -0.4 is 0 Å². The molecule has 0 aromatic heterocycles. The highest BCUT2D eigenvalue weighted by Crippen LogP contribution is 2.49. The van der Waals surface area contributed by atoms with Crippen LogP contribution in [0.25, 0.3) is 0 Å². The lowest BCUT2D eigenvalue weighted by molar-refractivity contribution is 0.118. The number of nitriles is 2. The van der Waals surface area contributed by atoms with E-state index in [0.717, 1.165) is 0 Å². The average molecular weight is 256 g/mol. The van der Waals surface area contributed by atoms with Crippen LogP contribution in [0.1, 0.15) is 19.3 Å². The molecule has 0 bridgehead atoms. The van der Waals surface area contributed by atoms with Crippen molar-refractivity contribution in [1.82, 2.24) is 0 Å². The summed E-state index contributed by atoms with van der Waals surface area (Å²) < 4.78 is 26.5. The second kappa shape index (κ2) is 9.85. The first-order valence-electron chi connectivity index (χ1n) is 4.89. The van der Waals surface area contributed by atoms with Crippen molar-refractivity contribution < 1.29 is 18.1 Å². The van der Waals surface area contributed by atoms with E-state index in [2.05, 4.69) is 5.92 Å². The smallest absolute Gasteiger partial charge is 0.286 e. The van der Waals surface area contributed by atoms with Crippen molar-refractivity contribution in [2.24, 2.45) is 0 Å². The Bertz CT molecular complexity index is 320. The van der Waals surface area contributed by atoms with Gasteiger partial charge in [-0.1, -0.05) is 0 Å². The van der Waals surface area contributed by atoms with Crippen molar-refractivity contribution in [1.29, 1.82) is 10.5 Å². The molecule has 0 amide bonds. The summed E-state index contributed by atoms with van der Waals surface area (Å²) in [5.74, 6) is 2.31. The van der Waals surface area contributed by atoms with Gasteiger partial charge in [0.15, 0.2) is 0 Å². The molecule has 0 heterocycles. The minimum Gasteiger partial charge on any atom is -0.286 e. The summed E-state index contributed by atoms with van der Waals surface area (Å²) in [4.78, 5) is 0. The normalized spacial score (nSPS) is 10.2. The van der Waals surface area contributed by atoms with Crippen LogP contribution in [0.3, 0.4) is 0 Å². The highest BCUT2D eigenvalue weighted by Gasteiger charge is 2.25. The number of hydrogen-bond donors (Lipinski definition) is 0. The summed E-state index contributed by atoms with van der Waals surface area (Å²) in [5.41, 5.74) is 0. The number of hydrogen-bond acceptors (Lipinski definition) is 6. The third-order valence-electron chi connectivity index (χ3n) is 1.42. The zero-order valence-electron chi connectivity index (χ0n) is 9.29. The predicted molar refractivity (Wildman–Crippen MR) is 59.4 cm³/mol. The molecule has 0 aliphatic heterocycles. The molecule has 7 heteroatoms. The van der Waals surface area contributed by atoms with Crippen LogP contribution in [-0.2, 0) is 18.1 Å². The summed E-state index contributed by atoms with van der Waals surface area (Å²) in [7, 11) is -3.71. The number of terminal acetylenes is 1. The first-order valence-corrected chi connectivity index (χ1v) is 6.35. The molecule has 0 fully saturated rings. The molecule has 0 aromatic carbocycles. The lowest BCUT2D eigenvalue weighted by Gasteiger charge is -2.16. The molecule has 0 aliphatic rings. The largest absolute Gasteiger partial charge is 0.474 e. The van der Waals surface area contributed by atoms with Gasteiger partial charge < -0.3 is 0 Å². The number of phosphoric acid groups is 1. The van der Waals surface area contributed by atoms with Gasteiger partial charge in [-0.15, -0.1) is 12.3 Å². The topological polar surface area (TPSA) is 92.3 Å². The predicted octanol–water partition coefficient (Wildman–Crippen LogP) is 1.99. The maximum absolute atomic E-state index is 11.9. The van der Waals surface area contributed by atoms with Gasteiger partial charge in [-0.25, -0.2) is 4.57 Å². The molecule has 0 radical (unpaired) electrons. The van der Waals surface area contributed by atoms with E-state index >= 15 is 0 Å². The Morgan fingerprint density at radius 1 is 0.941 bits per heavy atom. The average Bonchev–Trinajstić information content (AvgIpc) is 2.30. The summed E-state index contributed by atoms with van der Waals surface area (Å²) in [6.45, 7) is -0.0837. The van der Waals surface area contributed by atoms with Gasteiger partial charge in [-0.05, 0) is 0 Å². The summed E-state index contributed by atoms with van der Waals surface area (Å²) >= 11 is 0. The third kappa shape index (κ3) is 8.46. The standard InChI is InChI=1S/C10H13N2O4P/c1-2-3-8-14-17(13,15-9-4-6-11)16-10-5-7-12/h1H,3-5,8-10H2. The number of rotatable bonds is 9. The van der Waals surface area contributed by atoms with Gasteiger partial charge in [-0.3, -0.25) is 13.6 Å². The maximum atomic E-state index is 11.9. The fraction of sp³-hybridized carbons (Fsp3) is 0.600. The van der Waals surface area contributed by atoms with E-state index in [1.807, 2.05) is 12.1 Å².